The number of benzene rings is 1. The summed E-state index contributed by atoms with van der Waals surface area (Å²) in [4.78, 5) is 42.5. The molecule has 2 amide bonds. The van der Waals surface area contributed by atoms with Crippen LogP contribution in [0, 0.1) is 0 Å². The minimum atomic E-state index is -0.762. The van der Waals surface area contributed by atoms with Gasteiger partial charge >= 0.3 is 12.1 Å². The fourth-order valence-electron chi connectivity index (χ4n) is 3.73. The molecule has 30 heavy (non-hydrogen) atoms. The first-order chi connectivity index (χ1) is 14.5. The van der Waals surface area contributed by atoms with E-state index in [0.717, 1.165) is 21.4 Å². The van der Waals surface area contributed by atoms with Gasteiger partial charge in [0.15, 0.2) is 6.54 Å². The lowest BCUT2D eigenvalue weighted by atomic mass is 10.0. The summed E-state index contributed by atoms with van der Waals surface area (Å²) in [5.74, 6) is -0.694. The Balaban J connectivity index is 1.56. The highest BCUT2D eigenvalue weighted by Gasteiger charge is 2.28. The Bertz CT molecular complexity index is 888. The van der Waals surface area contributed by atoms with Crippen LogP contribution in [0.2, 0.25) is 0 Å². The van der Waals surface area contributed by atoms with E-state index in [1.165, 1.54) is 7.11 Å². The van der Waals surface area contributed by atoms with Crippen LogP contribution in [0.1, 0.15) is 12.5 Å². The number of esters is 1. The van der Waals surface area contributed by atoms with Crippen LogP contribution in [0.25, 0.3) is 10.9 Å². The van der Waals surface area contributed by atoms with Crippen molar-refractivity contribution in [1.82, 2.24) is 15.2 Å². The molecule has 2 heterocycles. The number of fused-ring (bicyclic) bond motifs is 1. The Kier molecular flexibility index (Phi) is 7.29. The average Bonchev–Trinajstić information content (AvgIpc) is 3.16. The van der Waals surface area contributed by atoms with Gasteiger partial charge in [0.1, 0.15) is 6.04 Å². The van der Waals surface area contributed by atoms with Crippen molar-refractivity contribution in [3.8, 4) is 0 Å². The minimum Gasteiger partial charge on any atom is -0.467 e. The number of nitrogens with zero attached hydrogens (tertiary/aromatic N) is 1. The van der Waals surface area contributed by atoms with Gasteiger partial charge in [0.05, 0.1) is 39.9 Å². The van der Waals surface area contributed by atoms with Crippen molar-refractivity contribution >= 4 is 28.9 Å². The van der Waals surface area contributed by atoms with Gasteiger partial charge in [-0.3, -0.25) is 9.69 Å². The summed E-state index contributed by atoms with van der Waals surface area (Å²) in [5.41, 5.74) is 1.92. The van der Waals surface area contributed by atoms with E-state index in [2.05, 4.69) is 10.3 Å². The third-order valence-corrected chi connectivity index (χ3v) is 5.33. The Hall–Kier alpha value is -3.07. The van der Waals surface area contributed by atoms with E-state index >= 15 is 0 Å². The van der Waals surface area contributed by atoms with Gasteiger partial charge in [-0.1, -0.05) is 18.2 Å². The number of quaternary nitrogens is 1. The number of carbonyl (C=O) groups is 3. The van der Waals surface area contributed by atoms with Crippen molar-refractivity contribution in [3.63, 3.8) is 0 Å². The molecule has 0 radical (unpaired) electrons. The molecule has 2 aromatic rings. The van der Waals surface area contributed by atoms with Crippen molar-refractivity contribution in [2.75, 3.05) is 46.4 Å². The number of rotatable bonds is 7. The lowest BCUT2D eigenvalue weighted by Crippen LogP contribution is -3.16. The fourth-order valence-corrected chi connectivity index (χ4v) is 3.73. The largest absolute Gasteiger partial charge is 0.467 e. The van der Waals surface area contributed by atoms with Gasteiger partial charge in [-0.25, -0.2) is 9.59 Å². The molecule has 0 unspecified atom stereocenters. The Morgan fingerprint density at radius 1 is 1.23 bits per heavy atom. The first-order valence-electron chi connectivity index (χ1n) is 10.2. The normalized spacial score (nSPS) is 15.6. The lowest BCUT2D eigenvalue weighted by molar-refractivity contribution is -0.896. The van der Waals surface area contributed by atoms with E-state index in [4.69, 9.17) is 9.47 Å². The molecule has 1 aliphatic rings. The number of amides is 2. The van der Waals surface area contributed by atoms with Crippen LogP contribution in [0.15, 0.2) is 30.5 Å². The van der Waals surface area contributed by atoms with E-state index in [-0.39, 0.29) is 18.5 Å². The molecule has 0 spiro atoms. The molecule has 1 fully saturated rings. The summed E-state index contributed by atoms with van der Waals surface area (Å²) in [6.07, 6.45) is 1.88. The van der Waals surface area contributed by atoms with Crippen LogP contribution in [-0.4, -0.2) is 80.3 Å². The molecule has 1 aromatic carbocycles. The summed E-state index contributed by atoms with van der Waals surface area (Å²) < 4.78 is 9.91. The summed E-state index contributed by atoms with van der Waals surface area (Å²) in [6.45, 7) is 4.74. The number of hydrogen-bond donors (Lipinski definition) is 3. The predicted octanol–water partition coefficient (Wildman–Crippen LogP) is -0.275. The molecule has 9 heteroatoms. The van der Waals surface area contributed by atoms with Gasteiger partial charge in [0.25, 0.3) is 5.91 Å². The molecule has 3 rings (SSSR count). The molecular formula is C21H29N4O5+. The maximum Gasteiger partial charge on any atom is 0.410 e. The Labute approximate surface area is 175 Å². The quantitative estimate of drug-likeness (QED) is 0.538. The Morgan fingerprint density at radius 2 is 1.97 bits per heavy atom. The summed E-state index contributed by atoms with van der Waals surface area (Å²) in [5, 5.41) is 3.83. The van der Waals surface area contributed by atoms with Crippen LogP contribution in [0.5, 0.6) is 0 Å². The van der Waals surface area contributed by atoms with E-state index < -0.39 is 12.0 Å². The van der Waals surface area contributed by atoms with Gasteiger partial charge < -0.3 is 24.7 Å². The molecule has 9 nitrogen and oxygen atoms in total. The second-order valence-electron chi connectivity index (χ2n) is 7.32. The number of hydrogen-bond acceptors (Lipinski definition) is 5. The molecule has 1 aromatic heterocycles. The topological polar surface area (TPSA) is 105 Å². The molecule has 3 N–H and O–H groups in total. The molecule has 1 aliphatic heterocycles. The number of nitrogens with one attached hydrogen (secondary N) is 3. The first kappa shape index (κ1) is 21.6. The smallest absolute Gasteiger partial charge is 0.410 e. The first-order valence-corrected chi connectivity index (χ1v) is 10.2. The monoisotopic (exact) mass is 417 g/mol. The van der Waals surface area contributed by atoms with Crippen molar-refractivity contribution in [2.24, 2.45) is 0 Å². The number of methoxy groups -OCH3 is 1. The summed E-state index contributed by atoms with van der Waals surface area (Å²) in [6, 6.07) is 7.05. The molecular weight excluding hydrogens is 388 g/mol. The number of piperazine rings is 1. The second kappa shape index (κ2) is 10.1. The molecule has 0 aliphatic carbocycles. The highest BCUT2D eigenvalue weighted by atomic mass is 16.6. The second-order valence-corrected chi connectivity index (χ2v) is 7.32. The zero-order valence-electron chi connectivity index (χ0n) is 17.4. The van der Waals surface area contributed by atoms with Crippen molar-refractivity contribution in [2.45, 2.75) is 19.4 Å². The molecule has 1 saturated heterocycles. The molecule has 0 bridgehead atoms. The van der Waals surface area contributed by atoms with Crippen LogP contribution < -0.4 is 10.2 Å². The molecule has 162 valence electrons. The number of aromatic nitrogens is 1. The number of para-hydroxylation sites is 1. The standard InChI is InChI=1S/C21H28N4O5/c1-3-30-21(28)25-10-8-24(9-11-25)14-19(26)23-18(20(27)29-2)12-15-13-22-17-7-5-4-6-16(15)17/h4-7,13,18,22H,3,8-12,14H2,1-2H3,(H,23,26)/p+1/t18-/m1/s1. The van der Waals surface area contributed by atoms with Gasteiger partial charge in [-0.05, 0) is 18.6 Å². The molecule has 0 saturated carbocycles. The van der Waals surface area contributed by atoms with E-state index in [9.17, 15) is 14.4 Å². The Morgan fingerprint density at radius 3 is 2.67 bits per heavy atom. The van der Waals surface area contributed by atoms with Crippen molar-refractivity contribution < 1.29 is 28.8 Å². The number of H-pyrrole nitrogens is 1. The zero-order chi connectivity index (χ0) is 21.5. The molecule has 1 atom stereocenters. The van der Waals surface area contributed by atoms with Crippen molar-refractivity contribution in [1.29, 1.82) is 0 Å². The SMILES string of the molecule is CCOC(=O)N1CC[NH+](CC(=O)N[C@H](Cc2c[nH]c3ccccc23)C(=O)OC)CC1. The van der Waals surface area contributed by atoms with Crippen molar-refractivity contribution in [3.05, 3.63) is 36.0 Å². The van der Waals surface area contributed by atoms with E-state index in [1.54, 1.807) is 11.8 Å². The highest BCUT2D eigenvalue weighted by molar-refractivity contribution is 5.87. The average molecular weight is 417 g/mol. The number of aromatic amines is 1. The van der Waals surface area contributed by atoms with Gasteiger partial charge in [0.2, 0.25) is 0 Å². The predicted molar refractivity (Wildman–Crippen MR) is 110 cm³/mol. The third-order valence-electron chi connectivity index (χ3n) is 5.33. The summed E-state index contributed by atoms with van der Waals surface area (Å²) >= 11 is 0. The number of ether oxygens (including phenoxy) is 2. The van der Waals surface area contributed by atoms with Gasteiger partial charge in [0, 0.05) is 23.5 Å². The van der Waals surface area contributed by atoms with E-state index in [1.807, 2.05) is 30.5 Å². The highest BCUT2D eigenvalue weighted by Crippen LogP contribution is 2.19. The third kappa shape index (κ3) is 5.29. The number of carbonyl (C=O) groups excluding carboxylic acids is 3. The van der Waals surface area contributed by atoms with E-state index in [0.29, 0.717) is 39.2 Å². The lowest BCUT2D eigenvalue weighted by Gasteiger charge is -2.31. The fraction of sp³-hybridized carbons (Fsp3) is 0.476. The minimum absolute atomic E-state index is 0.218. The van der Waals surface area contributed by atoms with Gasteiger partial charge in [-0.15, -0.1) is 0 Å². The maximum atomic E-state index is 12.6. The van der Waals surface area contributed by atoms with Crippen LogP contribution in [0.4, 0.5) is 4.79 Å². The maximum absolute atomic E-state index is 12.6. The zero-order valence-corrected chi connectivity index (χ0v) is 17.4. The summed E-state index contributed by atoms with van der Waals surface area (Å²) in [7, 11) is 1.32. The van der Waals surface area contributed by atoms with Crippen LogP contribution >= 0.6 is 0 Å². The van der Waals surface area contributed by atoms with Crippen LogP contribution in [0.3, 0.4) is 0 Å². The van der Waals surface area contributed by atoms with Crippen LogP contribution in [-0.2, 0) is 25.5 Å². The van der Waals surface area contributed by atoms with Gasteiger partial charge in [-0.2, -0.15) is 0 Å².